The number of benzene rings is 2. The third-order valence-corrected chi connectivity index (χ3v) is 6.26. The van der Waals surface area contributed by atoms with Crippen molar-refractivity contribution >= 4 is 60.0 Å². The number of hydrogen-bond acceptors (Lipinski definition) is 8. The molecule has 0 unspecified atom stereocenters. The Balaban J connectivity index is 1.92. The first-order valence-electron chi connectivity index (χ1n) is 7.75. The SMILES string of the molecule is CCOC(=O)c1ccc2nc(NS(=O)(=O)c3ccc(Cl)c([N+](=O)[O-])c3)sc2c1. The maximum absolute atomic E-state index is 12.5. The number of nitrogens with zero attached hydrogens (tertiary/aromatic N) is 2. The number of hydrogen-bond donors (Lipinski definition) is 1. The standard InChI is InChI=1S/C16H12ClN3O6S2/c1-2-26-15(21)9-3-6-12-14(7-9)27-16(18-12)19-28(24,25)10-4-5-11(17)13(8-10)20(22)23/h3-8H,2H2,1H3,(H,18,19). The zero-order valence-corrected chi connectivity index (χ0v) is 16.6. The van der Waals surface area contributed by atoms with Crippen LogP contribution in [0.5, 0.6) is 0 Å². The summed E-state index contributed by atoms with van der Waals surface area (Å²) < 4.78 is 32.9. The van der Waals surface area contributed by atoms with E-state index in [0.29, 0.717) is 15.8 Å². The lowest BCUT2D eigenvalue weighted by atomic mass is 10.2. The molecule has 0 spiro atoms. The van der Waals surface area contributed by atoms with Crippen molar-refractivity contribution in [3.8, 4) is 0 Å². The summed E-state index contributed by atoms with van der Waals surface area (Å²) in [5.74, 6) is -0.492. The van der Waals surface area contributed by atoms with Gasteiger partial charge in [-0.25, -0.2) is 18.2 Å². The number of nitrogens with one attached hydrogen (secondary N) is 1. The van der Waals surface area contributed by atoms with Crippen molar-refractivity contribution in [2.45, 2.75) is 11.8 Å². The van der Waals surface area contributed by atoms with Gasteiger partial charge in [0, 0.05) is 6.07 Å². The number of carbonyl (C=O) groups excluding carboxylic acids is 1. The molecule has 1 heterocycles. The molecule has 0 aliphatic heterocycles. The molecule has 0 atom stereocenters. The molecular weight excluding hydrogens is 430 g/mol. The molecule has 28 heavy (non-hydrogen) atoms. The second-order valence-corrected chi connectivity index (χ2v) is 8.52. The first-order chi connectivity index (χ1) is 13.2. The van der Waals surface area contributed by atoms with Gasteiger partial charge in [-0.3, -0.25) is 14.8 Å². The summed E-state index contributed by atoms with van der Waals surface area (Å²) in [6.07, 6.45) is 0. The maximum atomic E-state index is 12.5. The topological polar surface area (TPSA) is 128 Å². The maximum Gasteiger partial charge on any atom is 0.338 e. The minimum Gasteiger partial charge on any atom is -0.462 e. The molecule has 1 aromatic heterocycles. The minimum absolute atomic E-state index is 0.0496. The highest BCUT2D eigenvalue weighted by Crippen LogP contribution is 2.31. The third kappa shape index (κ3) is 4.06. The van der Waals surface area contributed by atoms with Crippen LogP contribution in [-0.2, 0) is 14.8 Å². The van der Waals surface area contributed by atoms with E-state index in [1.54, 1.807) is 19.1 Å². The first kappa shape index (κ1) is 20.0. The molecule has 3 rings (SSSR count). The van der Waals surface area contributed by atoms with Gasteiger partial charge in [0.2, 0.25) is 0 Å². The Labute approximate surface area is 168 Å². The Hall–Kier alpha value is -2.76. The summed E-state index contributed by atoms with van der Waals surface area (Å²) in [6, 6.07) is 7.82. The zero-order chi connectivity index (χ0) is 20.5. The van der Waals surface area contributed by atoms with Crippen LogP contribution in [0.15, 0.2) is 41.3 Å². The van der Waals surface area contributed by atoms with E-state index in [1.165, 1.54) is 6.07 Å². The average molecular weight is 442 g/mol. The number of rotatable bonds is 6. The fourth-order valence-electron chi connectivity index (χ4n) is 2.28. The lowest BCUT2D eigenvalue weighted by molar-refractivity contribution is -0.384. The Morgan fingerprint density at radius 3 is 2.75 bits per heavy atom. The first-order valence-corrected chi connectivity index (χ1v) is 10.4. The van der Waals surface area contributed by atoms with Crippen LogP contribution in [0.1, 0.15) is 17.3 Å². The predicted octanol–water partition coefficient (Wildman–Crippen LogP) is 3.84. The van der Waals surface area contributed by atoms with E-state index in [2.05, 4.69) is 9.71 Å². The van der Waals surface area contributed by atoms with Crippen molar-refractivity contribution in [2.75, 3.05) is 11.3 Å². The van der Waals surface area contributed by atoms with Crippen molar-refractivity contribution < 1.29 is 22.9 Å². The second-order valence-electron chi connectivity index (χ2n) is 5.40. The van der Waals surface area contributed by atoms with E-state index >= 15 is 0 Å². The largest absolute Gasteiger partial charge is 0.462 e. The number of carbonyl (C=O) groups is 1. The highest BCUT2D eigenvalue weighted by atomic mass is 35.5. The number of halogens is 1. The average Bonchev–Trinajstić information content (AvgIpc) is 3.02. The van der Waals surface area contributed by atoms with Gasteiger partial charge in [-0.1, -0.05) is 22.9 Å². The Bertz CT molecular complexity index is 1190. The number of nitro benzene ring substituents is 1. The third-order valence-electron chi connectivity index (χ3n) is 3.55. The molecule has 0 saturated carbocycles. The molecule has 146 valence electrons. The van der Waals surface area contributed by atoms with Crippen LogP contribution in [0.25, 0.3) is 10.2 Å². The molecule has 3 aromatic rings. The van der Waals surface area contributed by atoms with Crippen LogP contribution >= 0.6 is 22.9 Å². The van der Waals surface area contributed by atoms with Gasteiger partial charge in [-0.15, -0.1) is 0 Å². The molecule has 0 aliphatic carbocycles. The van der Waals surface area contributed by atoms with Crippen LogP contribution in [0.2, 0.25) is 5.02 Å². The summed E-state index contributed by atoms with van der Waals surface area (Å²) >= 11 is 6.73. The number of anilines is 1. The number of ether oxygens (including phenoxy) is 1. The lowest BCUT2D eigenvalue weighted by Gasteiger charge is -2.05. The molecule has 1 N–H and O–H groups in total. The number of fused-ring (bicyclic) bond motifs is 1. The van der Waals surface area contributed by atoms with Gasteiger partial charge in [-0.2, -0.15) is 0 Å². The number of esters is 1. The summed E-state index contributed by atoms with van der Waals surface area (Å²) in [5, 5.41) is 10.8. The molecule has 12 heteroatoms. The van der Waals surface area contributed by atoms with Gasteiger partial charge < -0.3 is 4.74 Å². The summed E-state index contributed by atoms with van der Waals surface area (Å²) in [4.78, 5) is 25.8. The molecular formula is C16H12ClN3O6S2. The van der Waals surface area contributed by atoms with Crippen molar-refractivity contribution in [3.05, 3.63) is 57.1 Å². The molecule has 0 fully saturated rings. The van der Waals surface area contributed by atoms with Gasteiger partial charge in [0.15, 0.2) is 5.13 Å². The van der Waals surface area contributed by atoms with E-state index in [0.717, 1.165) is 29.5 Å². The monoisotopic (exact) mass is 441 g/mol. The summed E-state index contributed by atoms with van der Waals surface area (Å²) in [5.41, 5.74) is 0.284. The Morgan fingerprint density at radius 2 is 2.07 bits per heavy atom. The van der Waals surface area contributed by atoms with Crippen molar-refractivity contribution in [3.63, 3.8) is 0 Å². The number of sulfonamides is 1. The molecule has 0 aliphatic rings. The number of aromatic nitrogens is 1. The van der Waals surface area contributed by atoms with E-state index in [1.807, 2.05) is 0 Å². The Kier molecular flexibility index (Phi) is 5.49. The minimum atomic E-state index is -4.13. The van der Waals surface area contributed by atoms with Gasteiger partial charge in [-0.05, 0) is 37.3 Å². The van der Waals surface area contributed by atoms with Crippen molar-refractivity contribution in [1.82, 2.24) is 4.98 Å². The van der Waals surface area contributed by atoms with E-state index < -0.39 is 26.6 Å². The number of nitro groups is 1. The summed E-state index contributed by atoms with van der Waals surface area (Å²) in [6.45, 7) is 1.93. The Morgan fingerprint density at radius 1 is 1.32 bits per heavy atom. The van der Waals surface area contributed by atoms with Gasteiger partial charge in [0.1, 0.15) is 5.02 Å². The molecule has 0 radical (unpaired) electrons. The van der Waals surface area contributed by atoms with Crippen molar-refractivity contribution in [1.29, 1.82) is 0 Å². The molecule has 2 aromatic carbocycles. The van der Waals surface area contributed by atoms with E-state index in [4.69, 9.17) is 16.3 Å². The normalized spacial score (nSPS) is 11.4. The molecule has 0 saturated heterocycles. The van der Waals surface area contributed by atoms with Crippen LogP contribution in [-0.4, -0.2) is 30.9 Å². The van der Waals surface area contributed by atoms with Crippen LogP contribution in [0.3, 0.4) is 0 Å². The fourth-order valence-corrected chi connectivity index (χ4v) is 4.63. The fraction of sp³-hybridized carbons (Fsp3) is 0.125. The van der Waals surface area contributed by atoms with E-state index in [9.17, 15) is 23.3 Å². The molecule has 0 bridgehead atoms. The summed E-state index contributed by atoms with van der Waals surface area (Å²) in [7, 11) is -4.13. The van der Waals surface area contributed by atoms with Crippen molar-refractivity contribution in [2.24, 2.45) is 0 Å². The highest BCUT2D eigenvalue weighted by Gasteiger charge is 2.22. The molecule has 0 amide bonds. The lowest BCUT2D eigenvalue weighted by Crippen LogP contribution is -2.13. The van der Waals surface area contributed by atoms with E-state index in [-0.39, 0.29) is 21.7 Å². The van der Waals surface area contributed by atoms with Crippen LogP contribution in [0.4, 0.5) is 10.8 Å². The highest BCUT2D eigenvalue weighted by molar-refractivity contribution is 7.93. The number of thiazole rings is 1. The van der Waals surface area contributed by atoms with Crippen LogP contribution < -0.4 is 4.72 Å². The predicted molar refractivity (Wildman–Crippen MR) is 104 cm³/mol. The van der Waals surface area contributed by atoms with Gasteiger partial charge in [0.25, 0.3) is 15.7 Å². The van der Waals surface area contributed by atoms with Gasteiger partial charge >= 0.3 is 5.97 Å². The molecule has 9 nitrogen and oxygen atoms in total. The quantitative estimate of drug-likeness (QED) is 0.349. The zero-order valence-electron chi connectivity index (χ0n) is 14.2. The van der Waals surface area contributed by atoms with Gasteiger partial charge in [0.05, 0.1) is 32.2 Å². The smallest absolute Gasteiger partial charge is 0.338 e. The second kappa shape index (κ2) is 7.70. The van der Waals surface area contributed by atoms with Crippen LogP contribution in [0, 0.1) is 10.1 Å².